The van der Waals surface area contributed by atoms with Crippen molar-refractivity contribution < 1.29 is 9.90 Å². The molecule has 1 amide bonds. The number of hydrogen-bond acceptors (Lipinski definition) is 2. The molecule has 2 radical (unpaired) electrons. The summed E-state index contributed by atoms with van der Waals surface area (Å²) in [5.74, 6) is 0.0697. The molecule has 1 aliphatic rings. The Morgan fingerprint density at radius 3 is 2.60 bits per heavy atom. The van der Waals surface area contributed by atoms with Gasteiger partial charge in [-0.25, -0.2) is 0 Å². The molecule has 0 aliphatic carbocycles. The van der Waals surface area contributed by atoms with Gasteiger partial charge >= 0.3 is 99.4 Å². The van der Waals surface area contributed by atoms with Crippen molar-refractivity contribution in [2.45, 2.75) is 8.87 Å². The van der Waals surface area contributed by atoms with Crippen LogP contribution in [0, 0.1) is 0 Å². The Bertz CT molecular complexity index is 361. The Labute approximate surface area is 99.3 Å². The van der Waals surface area contributed by atoms with Gasteiger partial charge in [0, 0.05) is 0 Å². The Balaban J connectivity index is 2.16. The van der Waals surface area contributed by atoms with Crippen molar-refractivity contribution in [3.8, 4) is 5.75 Å². The minimum atomic E-state index is -0.148. The first kappa shape index (κ1) is 10.8. The summed E-state index contributed by atoms with van der Waals surface area (Å²) in [6.07, 6.45) is 0. The van der Waals surface area contributed by atoms with E-state index in [9.17, 15) is 9.90 Å². The monoisotopic (exact) mass is 311 g/mol. The van der Waals surface area contributed by atoms with Crippen molar-refractivity contribution in [3.63, 3.8) is 0 Å². The van der Waals surface area contributed by atoms with E-state index in [1.165, 1.54) is 8.87 Å². The fraction of sp³-hybridized carbons (Fsp3) is 0.364. The van der Waals surface area contributed by atoms with Gasteiger partial charge in [0.2, 0.25) is 0 Å². The number of aromatic hydroxyl groups is 1. The molecular formula is C11H13NO2Sn. The van der Waals surface area contributed by atoms with Crippen LogP contribution in [0.3, 0.4) is 0 Å². The van der Waals surface area contributed by atoms with Gasteiger partial charge in [-0.1, -0.05) is 0 Å². The second kappa shape index (κ2) is 4.88. The van der Waals surface area contributed by atoms with Crippen molar-refractivity contribution in [2.24, 2.45) is 0 Å². The van der Waals surface area contributed by atoms with E-state index in [4.69, 9.17) is 0 Å². The summed E-state index contributed by atoms with van der Waals surface area (Å²) in [5, 5.41) is 9.57. The maximum atomic E-state index is 12.0. The first-order valence-corrected chi connectivity index (χ1v) is 9.10. The first-order valence-electron chi connectivity index (χ1n) is 5.07. The molecule has 3 nitrogen and oxygen atoms in total. The van der Waals surface area contributed by atoms with Gasteiger partial charge in [0.1, 0.15) is 0 Å². The van der Waals surface area contributed by atoms with Crippen LogP contribution in [0.15, 0.2) is 24.3 Å². The SMILES string of the molecule is O=C(c1ccccc1O)N1C[CH2][Sn][CH2]C1. The van der Waals surface area contributed by atoms with E-state index in [-0.39, 0.29) is 32.8 Å². The molecular weight excluding hydrogens is 297 g/mol. The predicted octanol–water partition coefficient (Wildman–Crippen LogP) is 1.39. The Kier molecular flexibility index (Phi) is 3.51. The number of hydrogen-bond donors (Lipinski definition) is 1. The van der Waals surface area contributed by atoms with Gasteiger partial charge in [0.15, 0.2) is 0 Å². The molecule has 1 heterocycles. The van der Waals surface area contributed by atoms with Crippen LogP contribution in [0.4, 0.5) is 0 Å². The van der Waals surface area contributed by atoms with Crippen molar-refractivity contribution in [1.82, 2.24) is 4.90 Å². The van der Waals surface area contributed by atoms with E-state index in [2.05, 4.69) is 0 Å². The Hall–Kier alpha value is -0.711. The summed E-state index contributed by atoms with van der Waals surface area (Å²) >= 11 is -0.148. The molecule has 0 atom stereocenters. The molecule has 1 aromatic rings. The van der Waals surface area contributed by atoms with E-state index >= 15 is 0 Å². The summed E-state index contributed by atoms with van der Waals surface area (Å²) in [6, 6.07) is 6.77. The van der Waals surface area contributed by atoms with Crippen LogP contribution in [0.5, 0.6) is 5.75 Å². The molecule has 78 valence electrons. The summed E-state index contributed by atoms with van der Waals surface area (Å²) in [4.78, 5) is 13.9. The van der Waals surface area contributed by atoms with Crippen molar-refractivity contribution in [1.29, 1.82) is 0 Å². The fourth-order valence-electron chi connectivity index (χ4n) is 1.69. The van der Waals surface area contributed by atoms with Crippen molar-refractivity contribution in [3.05, 3.63) is 29.8 Å². The number of amides is 1. The zero-order valence-electron chi connectivity index (χ0n) is 8.44. The zero-order valence-corrected chi connectivity index (χ0v) is 11.3. The van der Waals surface area contributed by atoms with Crippen molar-refractivity contribution in [2.75, 3.05) is 13.1 Å². The quantitative estimate of drug-likeness (QED) is 0.797. The molecule has 1 aliphatic heterocycles. The van der Waals surface area contributed by atoms with E-state index in [0.717, 1.165) is 13.1 Å². The van der Waals surface area contributed by atoms with Crippen LogP contribution >= 0.6 is 0 Å². The average molecular weight is 310 g/mol. The third kappa shape index (κ3) is 2.45. The normalized spacial score (nSPS) is 16.4. The third-order valence-corrected chi connectivity index (χ3v) is 5.83. The Morgan fingerprint density at radius 1 is 1.27 bits per heavy atom. The molecule has 2 rings (SSSR count). The molecule has 0 aromatic heterocycles. The number of rotatable bonds is 1. The van der Waals surface area contributed by atoms with Crippen LogP contribution in [-0.4, -0.2) is 50.1 Å². The zero-order chi connectivity index (χ0) is 10.7. The van der Waals surface area contributed by atoms with Crippen LogP contribution < -0.4 is 0 Å². The summed E-state index contributed by atoms with van der Waals surface area (Å²) in [5.41, 5.74) is 0.435. The molecule has 1 fully saturated rings. The average Bonchev–Trinajstić information content (AvgIpc) is 2.30. The molecule has 0 saturated carbocycles. The number of phenols is 1. The number of benzene rings is 1. The molecule has 0 bridgehead atoms. The van der Waals surface area contributed by atoms with E-state index < -0.39 is 0 Å². The van der Waals surface area contributed by atoms with Gasteiger partial charge in [-0.05, 0) is 0 Å². The van der Waals surface area contributed by atoms with Gasteiger partial charge in [0.25, 0.3) is 0 Å². The van der Waals surface area contributed by atoms with E-state index in [1.54, 1.807) is 24.3 Å². The molecule has 1 saturated heterocycles. The standard InChI is InChI=1S/C11H13NO2.Sn/c1-3-12(4-2)11(14)9-7-5-6-8-10(9)13;/h5-8,13H,1-4H2;. The van der Waals surface area contributed by atoms with Crippen LogP contribution in [0.2, 0.25) is 8.87 Å². The summed E-state index contributed by atoms with van der Waals surface area (Å²) < 4.78 is 2.48. The second-order valence-corrected chi connectivity index (χ2v) is 7.84. The van der Waals surface area contributed by atoms with Crippen LogP contribution in [0.25, 0.3) is 0 Å². The van der Waals surface area contributed by atoms with E-state index in [0.29, 0.717) is 5.56 Å². The second-order valence-electron chi connectivity index (χ2n) is 3.56. The molecule has 15 heavy (non-hydrogen) atoms. The maximum absolute atomic E-state index is 12.0. The third-order valence-electron chi connectivity index (χ3n) is 2.54. The van der Waals surface area contributed by atoms with Gasteiger partial charge in [-0.3, -0.25) is 0 Å². The van der Waals surface area contributed by atoms with E-state index in [1.807, 2.05) is 4.90 Å². The molecule has 0 spiro atoms. The number of carbonyl (C=O) groups excluding carboxylic acids is 1. The Morgan fingerprint density at radius 2 is 1.93 bits per heavy atom. The number of nitrogens with zero attached hydrogens (tertiary/aromatic N) is 1. The van der Waals surface area contributed by atoms with Crippen molar-refractivity contribution >= 4 is 27.0 Å². The predicted molar refractivity (Wildman–Crippen MR) is 59.4 cm³/mol. The van der Waals surface area contributed by atoms with Gasteiger partial charge in [-0.2, -0.15) is 0 Å². The minimum absolute atomic E-state index is 0.0211. The molecule has 1 aromatic carbocycles. The number of para-hydroxylation sites is 1. The van der Waals surface area contributed by atoms with Crippen LogP contribution in [0.1, 0.15) is 10.4 Å². The molecule has 4 heteroatoms. The summed E-state index contributed by atoms with van der Waals surface area (Å²) in [7, 11) is 0. The summed E-state index contributed by atoms with van der Waals surface area (Å²) in [6.45, 7) is 1.78. The van der Waals surface area contributed by atoms with Gasteiger partial charge in [0.05, 0.1) is 0 Å². The number of phenolic OH excluding ortho intramolecular Hbond substituents is 1. The topological polar surface area (TPSA) is 40.5 Å². The fourth-order valence-corrected chi connectivity index (χ4v) is 4.85. The molecule has 0 unspecified atom stereocenters. The molecule has 1 N–H and O–H groups in total. The van der Waals surface area contributed by atoms with Gasteiger partial charge in [-0.15, -0.1) is 0 Å². The van der Waals surface area contributed by atoms with Crippen LogP contribution in [-0.2, 0) is 0 Å². The number of carbonyl (C=O) groups is 1. The first-order chi connectivity index (χ1) is 7.29. The van der Waals surface area contributed by atoms with Gasteiger partial charge < -0.3 is 0 Å².